The van der Waals surface area contributed by atoms with Crippen LogP contribution in [0.3, 0.4) is 0 Å². The summed E-state index contributed by atoms with van der Waals surface area (Å²) in [6.07, 6.45) is 0. The fourth-order valence-electron chi connectivity index (χ4n) is 1.33. The molecular formula is C10H19N3O. The topological polar surface area (TPSA) is 28.1 Å². The summed E-state index contributed by atoms with van der Waals surface area (Å²) in [7, 11) is 2.13. The number of nitrogens with zero attached hydrogens (tertiary/aromatic N) is 3. The molecule has 0 aliphatic carbocycles. The van der Waals surface area contributed by atoms with Gasteiger partial charge in [-0.25, -0.2) is 0 Å². The zero-order valence-corrected chi connectivity index (χ0v) is 9.29. The largest absolute Gasteiger partial charge is 0.361 e. The summed E-state index contributed by atoms with van der Waals surface area (Å²) in [4.78, 5) is 9.56. The van der Waals surface area contributed by atoms with E-state index in [-0.39, 0.29) is 0 Å². The van der Waals surface area contributed by atoms with E-state index < -0.39 is 0 Å². The Balaban J connectivity index is 2.40. The van der Waals surface area contributed by atoms with Gasteiger partial charge in [0, 0.05) is 26.2 Å². The zero-order chi connectivity index (χ0) is 10.6. The number of amidine groups is 1. The van der Waals surface area contributed by atoms with Crippen LogP contribution in [0.1, 0.15) is 13.8 Å². The first kappa shape index (κ1) is 11.0. The molecule has 1 aliphatic rings. The van der Waals surface area contributed by atoms with Crippen LogP contribution < -0.4 is 0 Å². The van der Waals surface area contributed by atoms with Gasteiger partial charge in [0.25, 0.3) is 0 Å². The third-order valence-corrected chi connectivity index (χ3v) is 2.29. The first-order valence-corrected chi connectivity index (χ1v) is 4.90. The fraction of sp³-hybridized carbons (Fsp3) is 0.700. The summed E-state index contributed by atoms with van der Waals surface area (Å²) in [5, 5.41) is 4.00. The van der Waals surface area contributed by atoms with Crippen molar-refractivity contribution in [3.63, 3.8) is 0 Å². The van der Waals surface area contributed by atoms with Gasteiger partial charge in [-0.3, -0.25) is 0 Å². The van der Waals surface area contributed by atoms with E-state index in [0.29, 0.717) is 5.76 Å². The third kappa shape index (κ3) is 3.38. The summed E-state index contributed by atoms with van der Waals surface area (Å²) in [5.74, 6) is 1.56. The van der Waals surface area contributed by atoms with Crippen LogP contribution in [-0.2, 0) is 4.84 Å². The molecule has 0 N–H and O–H groups in total. The molecule has 0 radical (unpaired) electrons. The van der Waals surface area contributed by atoms with Crippen LogP contribution in [0, 0.1) is 0 Å². The summed E-state index contributed by atoms with van der Waals surface area (Å²) < 4.78 is 0. The summed E-state index contributed by atoms with van der Waals surface area (Å²) in [5.41, 5.74) is 0. The van der Waals surface area contributed by atoms with Crippen molar-refractivity contribution in [2.24, 2.45) is 5.16 Å². The van der Waals surface area contributed by atoms with Gasteiger partial charge in [0.05, 0.1) is 0 Å². The highest BCUT2D eigenvalue weighted by Gasteiger charge is 2.14. The molecule has 0 aromatic heterocycles. The van der Waals surface area contributed by atoms with E-state index in [2.05, 4.69) is 28.6 Å². The maximum absolute atomic E-state index is 5.02. The van der Waals surface area contributed by atoms with Crippen LogP contribution in [-0.4, -0.2) is 48.9 Å². The molecule has 1 aliphatic heterocycles. The second-order valence-corrected chi connectivity index (χ2v) is 3.72. The molecule has 0 atom stereocenters. The van der Waals surface area contributed by atoms with E-state index in [4.69, 9.17) is 4.84 Å². The highest BCUT2D eigenvalue weighted by molar-refractivity contribution is 5.79. The molecule has 0 aromatic carbocycles. The molecule has 1 fully saturated rings. The van der Waals surface area contributed by atoms with Crippen molar-refractivity contribution in [3.05, 3.63) is 12.3 Å². The van der Waals surface area contributed by atoms with Crippen molar-refractivity contribution >= 4 is 5.84 Å². The van der Waals surface area contributed by atoms with Gasteiger partial charge >= 0.3 is 0 Å². The van der Waals surface area contributed by atoms with E-state index in [1.165, 1.54) is 0 Å². The van der Waals surface area contributed by atoms with Crippen molar-refractivity contribution in [2.75, 3.05) is 33.2 Å². The second-order valence-electron chi connectivity index (χ2n) is 3.72. The summed E-state index contributed by atoms with van der Waals surface area (Å²) in [6.45, 7) is 11.6. The van der Waals surface area contributed by atoms with Gasteiger partial charge in [0.15, 0.2) is 0 Å². The minimum absolute atomic E-state index is 0.624. The molecule has 0 bridgehead atoms. The molecule has 0 saturated carbocycles. The SMILES string of the molecule is C=C(C)O/N=C(\C)N1CCN(C)CC1. The van der Waals surface area contributed by atoms with Crippen LogP contribution in [0.4, 0.5) is 0 Å². The third-order valence-electron chi connectivity index (χ3n) is 2.29. The molecule has 1 rings (SSSR count). The lowest BCUT2D eigenvalue weighted by Crippen LogP contribution is -2.46. The van der Waals surface area contributed by atoms with Gasteiger partial charge in [-0.2, -0.15) is 0 Å². The summed E-state index contributed by atoms with van der Waals surface area (Å²) in [6, 6.07) is 0. The molecule has 1 heterocycles. The average molecular weight is 197 g/mol. The maximum atomic E-state index is 5.02. The first-order valence-electron chi connectivity index (χ1n) is 4.90. The lowest BCUT2D eigenvalue weighted by atomic mass is 10.3. The van der Waals surface area contributed by atoms with E-state index in [0.717, 1.165) is 32.0 Å². The predicted octanol–water partition coefficient (Wildman–Crippen LogP) is 1.12. The molecule has 80 valence electrons. The van der Waals surface area contributed by atoms with Crippen LogP contribution >= 0.6 is 0 Å². The van der Waals surface area contributed by atoms with Gasteiger partial charge < -0.3 is 14.6 Å². The van der Waals surface area contributed by atoms with Crippen molar-refractivity contribution < 1.29 is 4.84 Å². The van der Waals surface area contributed by atoms with E-state index in [1.807, 2.05) is 6.92 Å². The molecule has 4 heteroatoms. The number of rotatable bonds is 2. The number of likely N-dealkylation sites (N-methyl/N-ethyl adjacent to an activating group) is 1. The van der Waals surface area contributed by atoms with E-state index >= 15 is 0 Å². The molecular weight excluding hydrogens is 178 g/mol. The van der Waals surface area contributed by atoms with Crippen LogP contribution in [0.2, 0.25) is 0 Å². The normalized spacial score (nSPS) is 19.6. The number of oxime groups is 1. The van der Waals surface area contributed by atoms with Crippen LogP contribution in [0.25, 0.3) is 0 Å². The molecule has 0 unspecified atom stereocenters. The molecule has 0 spiro atoms. The second kappa shape index (κ2) is 5.00. The van der Waals surface area contributed by atoms with Gasteiger partial charge in [0.2, 0.25) is 0 Å². The fourth-order valence-corrected chi connectivity index (χ4v) is 1.33. The van der Waals surface area contributed by atoms with Gasteiger partial charge in [-0.15, -0.1) is 0 Å². The monoisotopic (exact) mass is 197 g/mol. The Kier molecular flexibility index (Phi) is 3.95. The molecule has 1 saturated heterocycles. The molecule has 4 nitrogen and oxygen atoms in total. The maximum Gasteiger partial charge on any atom is 0.142 e. The first-order chi connectivity index (χ1) is 6.59. The lowest BCUT2D eigenvalue weighted by Gasteiger charge is -2.33. The predicted molar refractivity (Wildman–Crippen MR) is 58.1 cm³/mol. The van der Waals surface area contributed by atoms with Crippen molar-refractivity contribution in [2.45, 2.75) is 13.8 Å². The van der Waals surface area contributed by atoms with E-state index in [1.54, 1.807) is 6.92 Å². The van der Waals surface area contributed by atoms with E-state index in [9.17, 15) is 0 Å². The lowest BCUT2D eigenvalue weighted by molar-refractivity contribution is 0.192. The number of allylic oxidation sites excluding steroid dienone is 1. The molecule has 0 aromatic rings. The Hall–Kier alpha value is -1.03. The smallest absolute Gasteiger partial charge is 0.142 e. The number of piperazine rings is 1. The minimum atomic E-state index is 0.624. The highest BCUT2D eigenvalue weighted by atomic mass is 16.6. The Morgan fingerprint density at radius 3 is 2.29 bits per heavy atom. The van der Waals surface area contributed by atoms with Gasteiger partial charge in [-0.1, -0.05) is 11.7 Å². The average Bonchev–Trinajstić information content (AvgIpc) is 2.15. The Morgan fingerprint density at radius 2 is 1.79 bits per heavy atom. The van der Waals surface area contributed by atoms with Crippen LogP contribution in [0.15, 0.2) is 17.5 Å². The number of hydrogen-bond acceptors (Lipinski definition) is 3. The number of hydrogen-bond donors (Lipinski definition) is 0. The van der Waals surface area contributed by atoms with Crippen LogP contribution in [0.5, 0.6) is 0 Å². The highest BCUT2D eigenvalue weighted by Crippen LogP contribution is 2.02. The van der Waals surface area contributed by atoms with Crippen molar-refractivity contribution in [3.8, 4) is 0 Å². The Bertz CT molecular complexity index is 230. The Labute approximate surface area is 85.8 Å². The van der Waals surface area contributed by atoms with Gasteiger partial charge in [-0.05, 0) is 20.9 Å². The minimum Gasteiger partial charge on any atom is -0.361 e. The van der Waals surface area contributed by atoms with Crippen molar-refractivity contribution in [1.82, 2.24) is 9.80 Å². The molecule has 14 heavy (non-hydrogen) atoms. The quantitative estimate of drug-likeness (QED) is 0.287. The Morgan fingerprint density at radius 1 is 1.21 bits per heavy atom. The van der Waals surface area contributed by atoms with Gasteiger partial charge in [0.1, 0.15) is 11.6 Å². The summed E-state index contributed by atoms with van der Waals surface area (Å²) >= 11 is 0. The standard InChI is InChI=1S/C10H19N3O/c1-9(2)14-11-10(3)13-7-5-12(4)6-8-13/h1,5-8H2,2-4H3/b11-10+. The van der Waals surface area contributed by atoms with Crippen molar-refractivity contribution in [1.29, 1.82) is 0 Å². The molecule has 0 amide bonds. The zero-order valence-electron chi connectivity index (χ0n) is 9.29.